The van der Waals surface area contributed by atoms with Gasteiger partial charge in [0.05, 0.1) is 0 Å². The van der Waals surface area contributed by atoms with Crippen molar-refractivity contribution in [2.75, 3.05) is 6.54 Å². The van der Waals surface area contributed by atoms with Gasteiger partial charge in [0.15, 0.2) is 0 Å². The molecule has 0 saturated carbocycles. The molecule has 0 fully saturated rings. The lowest BCUT2D eigenvalue weighted by atomic mass is 9.87. The Bertz CT molecular complexity index is 92.6. The SMILES string of the molecule is C=C(C)C(C)(C)CN. The van der Waals surface area contributed by atoms with Crippen LogP contribution in [-0.4, -0.2) is 6.54 Å². The van der Waals surface area contributed by atoms with Crippen LogP contribution in [0.3, 0.4) is 0 Å². The van der Waals surface area contributed by atoms with Gasteiger partial charge in [-0.05, 0) is 12.3 Å². The van der Waals surface area contributed by atoms with E-state index in [1.54, 1.807) is 0 Å². The van der Waals surface area contributed by atoms with Gasteiger partial charge in [0, 0.05) is 6.54 Å². The molecule has 0 aliphatic carbocycles. The van der Waals surface area contributed by atoms with E-state index in [0.29, 0.717) is 6.54 Å². The first-order chi connectivity index (χ1) is 3.50. The molecular formula is C7H15N. The molecule has 0 spiro atoms. The van der Waals surface area contributed by atoms with Crippen LogP contribution >= 0.6 is 0 Å². The highest BCUT2D eigenvalue weighted by Gasteiger charge is 2.14. The molecule has 0 aromatic carbocycles. The molecule has 0 aliphatic rings. The van der Waals surface area contributed by atoms with Crippen LogP contribution in [0.2, 0.25) is 0 Å². The zero-order valence-electron chi connectivity index (χ0n) is 5.99. The van der Waals surface area contributed by atoms with Crippen LogP contribution in [0, 0.1) is 5.41 Å². The molecule has 0 rings (SSSR count). The lowest BCUT2D eigenvalue weighted by Gasteiger charge is -2.21. The summed E-state index contributed by atoms with van der Waals surface area (Å²) in [5.41, 5.74) is 6.72. The third-order valence-electron chi connectivity index (χ3n) is 1.67. The van der Waals surface area contributed by atoms with Crippen molar-refractivity contribution in [1.82, 2.24) is 0 Å². The van der Waals surface area contributed by atoms with E-state index in [1.807, 2.05) is 6.92 Å². The standard InChI is InChI=1S/C7H15N/c1-6(2)7(3,4)5-8/h1,5,8H2,2-4H3. The molecule has 0 aliphatic heterocycles. The highest BCUT2D eigenvalue weighted by Crippen LogP contribution is 2.21. The van der Waals surface area contributed by atoms with Gasteiger partial charge in [-0.3, -0.25) is 0 Å². The Morgan fingerprint density at radius 3 is 2.00 bits per heavy atom. The van der Waals surface area contributed by atoms with Gasteiger partial charge in [-0.15, -0.1) is 0 Å². The van der Waals surface area contributed by atoms with Gasteiger partial charge < -0.3 is 5.73 Å². The Labute approximate surface area is 51.6 Å². The van der Waals surface area contributed by atoms with Gasteiger partial charge in [0.1, 0.15) is 0 Å². The molecule has 1 nitrogen and oxygen atoms in total. The minimum Gasteiger partial charge on any atom is -0.330 e. The Balaban J connectivity index is 3.91. The number of hydrogen-bond acceptors (Lipinski definition) is 1. The molecule has 0 bridgehead atoms. The molecule has 0 heterocycles. The maximum absolute atomic E-state index is 5.45. The summed E-state index contributed by atoms with van der Waals surface area (Å²) in [5.74, 6) is 0. The Morgan fingerprint density at radius 1 is 1.62 bits per heavy atom. The largest absolute Gasteiger partial charge is 0.330 e. The van der Waals surface area contributed by atoms with Crippen molar-refractivity contribution in [2.45, 2.75) is 20.8 Å². The first-order valence-electron chi connectivity index (χ1n) is 2.87. The lowest BCUT2D eigenvalue weighted by molar-refractivity contribution is 0.462. The third-order valence-corrected chi connectivity index (χ3v) is 1.67. The normalized spacial score (nSPS) is 11.5. The molecule has 0 aromatic heterocycles. The van der Waals surface area contributed by atoms with Crippen LogP contribution in [-0.2, 0) is 0 Å². The molecule has 0 saturated heterocycles. The third kappa shape index (κ3) is 1.66. The summed E-state index contributed by atoms with van der Waals surface area (Å²) in [4.78, 5) is 0. The minimum absolute atomic E-state index is 0.125. The highest BCUT2D eigenvalue weighted by molar-refractivity contribution is 5.03. The Morgan fingerprint density at radius 2 is 2.00 bits per heavy atom. The summed E-state index contributed by atoms with van der Waals surface area (Å²) >= 11 is 0. The maximum Gasteiger partial charge on any atom is 0.00113 e. The summed E-state index contributed by atoms with van der Waals surface area (Å²) in [6, 6.07) is 0. The van der Waals surface area contributed by atoms with E-state index in [9.17, 15) is 0 Å². The predicted molar refractivity (Wildman–Crippen MR) is 37.6 cm³/mol. The van der Waals surface area contributed by atoms with E-state index in [-0.39, 0.29) is 5.41 Å². The second-order valence-corrected chi connectivity index (χ2v) is 2.87. The van der Waals surface area contributed by atoms with E-state index in [2.05, 4.69) is 20.4 Å². The molecule has 0 atom stereocenters. The summed E-state index contributed by atoms with van der Waals surface area (Å²) in [6.45, 7) is 10.7. The maximum atomic E-state index is 5.45. The van der Waals surface area contributed by atoms with Crippen molar-refractivity contribution in [1.29, 1.82) is 0 Å². The molecule has 48 valence electrons. The number of nitrogens with two attached hydrogens (primary N) is 1. The second kappa shape index (κ2) is 2.31. The van der Waals surface area contributed by atoms with Gasteiger partial charge in [0.2, 0.25) is 0 Å². The molecule has 2 N–H and O–H groups in total. The van der Waals surface area contributed by atoms with E-state index >= 15 is 0 Å². The van der Waals surface area contributed by atoms with Crippen LogP contribution in [0.5, 0.6) is 0 Å². The first-order valence-corrected chi connectivity index (χ1v) is 2.87. The van der Waals surface area contributed by atoms with E-state index in [4.69, 9.17) is 5.73 Å². The first kappa shape index (κ1) is 7.70. The zero-order chi connectivity index (χ0) is 6.78. The van der Waals surface area contributed by atoms with Crippen LogP contribution in [0.15, 0.2) is 12.2 Å². The van der Waals surface area contributed by atoms with E-state index < -0.39 is 0 Å². The smallest absolute Gasteiger partial charge is 0.00113 e. The molecular weight excluding hydrogens is 98.1 g/mol. The van der Waals surface area contributed by atoms with Gasteiger partial charge in [0.25, 0.3) is 0 Å². The van der Waals surface area contributed by atoms with Crippen molar-refractivity contribution in [3.8, 4) is 0 Å². The minimum atomic E-state index is 0.125. The van der Waals surface area contributed by atoms with Crippen molar-refractivity contribution >= 4 is 0 Å². The quantitative estimate of drug-likeness (QED) is 0.540. The molecule has 0 unspecified atom stereocenters. The summed E-state index contributed by atoms with van der Waals surface area (Å²) in [6.07, 6.45) is 0. The van der Waals surface area contributed by atoms with Gasteiger partial charge in [-0.2, -0.15) is 0 Å². The molecule has 1 heteroatoms. The van der Waals surface area contributed by atoms with Gasteiger partial charge in [-0.1, -0.05) is 26.0 Å². The van der Waals surface area contributed by atoms with Crippen molar-refractivity contribution in [3.05, 3.63) is 12.2 Å². The van der Waals surface area contributed by atoms with Crippen molar-refractivity contribution in [3.63, 3.8) is 0 Å². The fourth-order valence-corrected chi connectivity index (χ4v) is 0.174. The van der Waals surface area contributed by atoms with Gasteiger partial charge >= 0.3 is 0 Å². The topological polar surface area (TPSA) is 26.0 Å². The van der Waals surface area contributed by atoms with Gasteiger partial charge in [-0.25, -0.2) is 0 Å². The van der Waals surface area contributed by atoms with E-state index in [0.717, 1.165) is 5.57 Å². The highest BCUT2D eigenvalue weighted by atomic mass is 14.6. The van der Waals surface area contributed by atoms with Crippen LogP contribution < -0.4 is 5.73 Å². The summed E-state index contributed by atoms with van der Waals surface area (Å²) in [5, 5.41) is 0. The second-order valence-electron chi connectivity index (χ2n) is 2.87. The number of rotatable bonds is 2. The van der Waals surface area contributed by atoms with Crippen molar-refractivity contribution in [2.24, 2.45) is 11.1 Å². The monoisotopic (exact) mass is 113 g/mol. The van der Waals surface area contributed by atoms with E-state index in [1.165, 1.54) is 0 Å². The molecule has 0 amide bonds. The van der Waals surface area contributed by atoms with Crippen molar-refractivity contribution < 1.29 is 0 Å². The Hall–Kier alpha value is -0.300. The van der Waals surface area contributed by atoms with Crippen LogP contribution in [0.25, 0.3) is 0 Å². The summed E-state index contributed by atoms with van der Waals surface area (Å²) < 4.78 is 0. The predicted octanol–water partition coefficient (Wildman–Crippen LogP) is 1.55. The summed E-state index contributed by atoms with van der Waals surface area (Å²) in [7, 11) is 0. The Kier molecular flexibility index (Phi) is 2.23. The number of hydrogen-bond donors (Lipinski definition) is 1. The average molecular weight is 113 g/mol. The zero-order valence-corrected chi connectivity index (χ0v) is 5.99. The fourth-order valence-electron chi connectivity index (χ4n) is 0.174. The lowest BCUT2D eigenvalue weighted by Crippen LogP contribution is -2.23. The van der Waals surface area contributed by atoms with Crippen LogP contribution in [0.1, 0.15) is 20.8 Å². The molecule has 0 radical (unpaired) electrons. The van der Waals surface area contributed by atoms with Crippen LogP contribution in [0.4, 0.5) is 0 Å². The average Bonchev–Trinajstić information content (AvgIpc) is 1.67. The fraction of sp³-hybridized carbons (Fsp3) is 0.714. The molecule has 0 aromatic rings. The molecule has 8 heavy (non-hydrogen) atoms.